The monoisotopic (exact) mass is 192 g/mol. The molecule has 0 saturated heterocycles. The molecule has 0 spiro atoms. The topological polar surface area (TPSA) is 9.23 Å². The molecule has 1 atom stereocenters. The Balaban J connectivity index is 2.27. The molecule has 1 rings (SSSR count). The van der Waals surface area contributed by atoms with Crippen LogP contribution < -0.4 is 0 Å². The predicted molar refractivity (Wildman–Crippen MR) is 60.1 cm³/mol. The molecule has 0 saturated carbocycles. The van der Waals surface area contributed by atoms with Crippen molar-refractivity contribution in [3.05, 3.63) is 35.9 Å². The number of hydrogen-bond donors (Lipinski definition) is 0. The number of ether oxygens (including phenoxy) is 1. The zero-order chi connectivity index (χ0) is 10.4. The molecule has 0 heterocycles. The third-order valence-electron chi connectivity index (χ3n) is 2.18. The molecule has 0 unspecified atom stereocenters. The second kappa shape index (κ2) is 5.82. The lowest BCUT2D eigenvalue weighted by atomic mass is 10.1. The summed E-state index contributed by atoms with van der Waals surface area (Å²) in [7, 11) is 0. The summed E-state index contributed by atoms with van der Waals surface area (Å²) in [6.45, 7) is 7.32. The second-order valence-corrected chi connectivity index (χ2v) is 4.24. The van der Waals surface area contributed by atoms with Gasteiger partial charge in [0, 0.05) is 0 Å². The van der Waals surface area contributed by atoms with E-state index in [1.54, 1.807) is 0 Å². The Hall–Kier alpha value is -0.820. The van der Waals surface area contributed by atoms with E-state index in [0.29, 0.717) is 12.0 Å². The minimum Gasteiger partial charge on any atom is -0.374 e. The summed E-state index contributed by atoms with van der Waals surface area (Å²) in [4.78, 5) is 0. The van der Waals surface area contributed by atoms with Gasteiger partial charge in [-0.25, -0.2) is 0 Å². The first-order valence-electron chi connectivity index (χ1n) is 5.34. The molecule has 0 aliphatic heterocycles. The van der Waals surface area contributed by atoms with E-state index < -0.39 is 0 Å². The molecule has 0 aliphatic carbocycles. The van der Waals surface area contributed by atoms with E-state index in [2.05, 4.69) is 32.9 Å². The molecule has 0 amide bonds. The summed E-state index contributed by atoms with van der Waals surface area (Å²) >= 11 is 0. The Morgan fingerprint density at radius 2 is 1.71 bits per heavy atom. The second-order valence-electron chi connectivity index (χ2n) is 4.24. The first-order chi connectivity index (χ1) is 6.68. The van der Waals surface area contributed by atoms with Gasteiger partial charge in [0.25, 0.3) is 0 Å². The number of rotatable bonds is 5. The summed E-state index contributed by atoms with van der Waals surface area (Å²) in [5, 5.41) is 0. The highest BCUT2D eigenvalue weighted by Gasteiger charge is 2.04. The Kier molecular flexibility index (Phi) is 4.68. The van der Waals surface area contributed by atoms with E-state index in [1.807, 2.05) is 18.2 Å². The van der Waals surface area contributed by atoms with Crippen LogP contribution >= 0.6 is 0 Å². The van der Waals surface area contributed by atoms with Gasteiger partial charge >= 0.3 is 0 Å². The van der Waals surface area contributed by atoms with Gasteiger partial charge in [-0.05, 0) is 24.8 Å². The number of hydrogen-bond acceptors (Lipinski definition) is 1. The fourth-order valence-electron chi connectivity index (χ4n) is 1.54. The van der Waals surface area contributed by atoms with Crippen LogP contribution in [0.2, 0.25) is 0 Å². The highest BCUT2D eigenvalue weighted by atomic mass is 16.5. The van der Waals surface area contributed by atoms with E-state index in [4.69, 9.17) is 4.74 Å². The summed E-state index contributed by atoms with van der Waals surface area (Å²) in [6.07, 6.45) is 1.49. The number of benzene rings is 1. The van der Waals surface area contributed by atoms with Crippen LogP contribution in [0.25, 0.3) is 0 Å². The maximum absolute atomic E-state index is 5.74. The molecule has 1 aromatic carbocycles. The Morgan fingerprint density at radius 3 is 2.29 bits per heavy atom. The van der Waals surface area contributed by atoms with Crippen LogP contribution in [0.1, 0.15) is 32.8 Å². The molecule has 1 aromatic rings. The first kappa shape index (κ1) is 11.3. The first-order valence-corrected chi connectivity index (χ1v) is 5.34. The molecule has 78 valence electrons. The van der Waals surface area contributed by atoms with Crippen molar-refractivity contribution in [2.75, 3.05) is 0 Å². The largest absolute Gasteiger partial charge is 0.374 e. The van der Waals surface area contributed by atoms with E-state index in [0.717, 1.165) is 13.0 Å². The van der Waals surface area contributed by atoms with Crippen LogP contribution in [0.5, 0.6) is 0 Å². The van der Waals surface area contributed by atoms with Gasteiger partial charge in [0.05, 0.1) is 12.7 Å². The van der Waals surface area contributed by atoms with Crippen molar-refractivity contribution < 1.29 is 4.74 Å². The van der Waals surface area contributed by atoms with Gasteiger partial charge in [-0.15, -0.1) is 0 Å². The normalized spacial score (nSPS) is 13.1. The lowest BCUT2D eigenvalue weighted by Gasteiger charge is -2.14. The van der Waals surface area contributed by atoms with E-state index >= 15 is 0 Å². The van der Waals surface area contributed by atoms with Crippen molar-refractivity contribution in [2.24, 2.45) is 5.92 Å². The molecule has 0 radical (unpaired) electrons. The zero-order valence-electron chi connectivity index (χ0n) is 9.36. The summed E-state index contributed by atoms with van der Waals surface area (Å²) in [5.41, 5.74) is 1.25. The molecule has 0 N–H and O–H groups in total. The molecule has 0 aromatic heterocycles. The smallest absolute Gasteiger partial charge is 0.0720 e. The third-order valence-corrected chi connectivity index (χ3v) is 2.18. The SMILES string of the molecule is CC(C)C[C@@H](C)OCc1ccccc1. The quantitative estimate of drug-likeness (QED) is 0.692. The van der Waals surface area contributed by atoms with E-state index in [1.165, 1.54) is 5.56 Å². The molecule has 0 fully saturated rings. The Bertz CT molecular complexity index is 241. The van der Waals surface area contributed by atoms with Crippen LogP contribution in [-0.4, -0.2) is 6.10 Å². The van der Waals surface area contributed by atoms with Gasteiger partial charge in [-0.2, -0.15) is 0 Å². The van der Waals surface area contributed by atoms with Gasteiger partial charge in [-0.1, -0.05) is 44.2 Å². The third kappa shape index (κ3) is 4.43. The average Bonchev–Trinajstić information content (AvgIpc) is 2.15. The highest BCUT2D eigenvalue weighted by molar-refractivity contribution is 5.13. The minimum absolute atomic E-state index is 0.357. The van der Waals surface area contributed by atoms with Crippen molar-refractivity contribution in [1.82, 2.24) is 0 Å². The van der Waals surface area contributed by atoms with Crippen molar-refractivity contribution >= 4 is 0 Å². The Labute approximate surface area is 87.1 Å². The average molecular weight is 192 g/mol. The Morgan fingerprint density at radius 1 is 1.07 bits per heavy atom. The summed E-state index contributed by atoms with van der Waals surface area (Å²) in [6, 6.07) is 10.3. The van der Waals surface area contributed by atoms with E-state index in [-0.39, 0.29) is 0 Å². The van der Waals surface area contributed by atoms with Crippen LogP contribution in [0.15, 0.2) is 30.3 Å². The summed E-state index contributed by atoms with van der Waals surface area (Å²) in [5.74, 6) is 0.709. The molecule has 0 aliphatic rings. The zero-order valence-corrected chi connectivity index (χ0v) is 9.36. The van der Waals surface area contributed by atoms with Gasteiger partial charge in [0.1, 0.15) is 0 Å². The maximum Gasteiger partial charge on any atom is 0.0720 e. The van der Waals surface area contributed by atoms with Crippen molar-refractivity contribution in [2.45, 2.75) is 39.9 Å². The molecule has 0 bridgehead atoms. The lowest BCUT2D eigenvalue weighted by Crippen LogP contribution is -2.10. The van der Waals surface area contributed by atoms with E-state index in [9.17, 15) is 0 Å². The standard InChI is InChI=1S/C13H20O/c1-11(2)9-12(3)14-10-13-7-5-4-6-8-13/h4-8,11-12H,9-10H2,1-3H3/t12-/m1/s1. The van der Waals surface area contributed by atoms with Crippen LogP contribution in [0.4, 0.5) is 0 Å². The molecule has 14 heavy (non-hydrogen) atoms. The predicted octanol–water partition coefficient (Wildman–Crippen LogP) is 3.64. The minimum atomic E-state index is 0.357. The van der Waals surface area contributed by atoms with Gasteiger partial charge < -0.3 is 4.74 Å². The van der Waals surface area contributed by atoms with Crippen LogP contribution in [-0.2, 0) is 11.3 Å². The highest BCUT2D eigenvalue weighted by Crippen LogP contribution is 2.10. The molecule has 1 nitrogen and oxygen atoms in total. The van der Waals surface area contributed by atoms with Crippen molar-refractivity contribution in [3.8, 4) is 0 Å². The summed E-state index contributed by atoms with van der Waals surface area (Å²) < 4.78 is 5.74. The van der Waals surface area contributed by atoms with Crippen molar-refractivity contribution in [1.29, 1.82) is 0 Å². The van der Waals surface area contributed by atoms with Crippen LogP contribution in [0, 0.1) is 5.92 Å². The maximum atomic E-state index is 5.74. The molecular formula is C13H20O. The van der Waals surface area contributed by atoms with Gasteiger partial charge in [-0.3, -0.25) is 0 Å². The van der Waals surface area contributed by atoms with Crippen LogP contribution in [0.3, 0.4) is 0 Å². The fraction of sp³-hybridized carbons (Fsp3) is 0.538. The fourth-order valence-corrected chi connectivity index (χ4v) is 1.54. The molecular weight excluding hydrogens is 172 g/mol. The van der Waals surface area contributed by atoms with Gasteiger partial charge in [0.15, 0.2) is 0 Å². The van der Waals surface area contributed by atoms with Crippen molar-refractivity contribution in [3.63, 3.8) is 0 Å². The van der Waals surface area contributed by atoms with Gasteiger partial charge in [0.2, 0.25) is 0 Å². The lowest BCUT2D eigenvalue weighted by molar-refractivity contribution is 0.0397. The molecule has 1 heteroatoms.